The third-order valence-corrected chi connectivity index (χ3v) is 3.67. The number of hydrogen-bond donors (Lipinski definition) is 0. The van der Waals surface area contributed by atoms with E-state index in [-0.39, 0.29) is 11.8 Å². The second-order valence-corrected chi connectivity index (χ2v) is 5.28. The SMILES string of the molecule is CCCCC1=C(CCCC)C(=O)N(CCCC)C1=O. The third-order valence-electron chi connectivity index (χ3n) is 3.67. The Balaban J connectivity index is 2.83. The van der Waals surface area contributed by atoms with Crippen molar-refractivity contribution in [3.05, 3.63) is 11.1 Å². The molecule has 3 heteroatoms. The number of unbranched alkanes of at least 4 members (excludes halogenated alkanes) is 3. The van der Waals surface area contributed by atoms with Gasteiger partial charge in [0.2, 0.25) is 0 Å². The monoisotopic (exact) mass is 265 g/mol. The first-order valence-electron chi connectivity index (χ1n) is 7.75. The number of amides is 2. The summed E-state index contributed by atoms with van der Waals surface area (Å²) in [6.07, 6.45) is 7.54. The van der Waals surface area contributed by atoms with Crippen LogP contribution in [0.3, 0.4) is 0 Å². The molecule has 0 fully saturated rings. The molecule has 0 radical (unpaired) electrons. The van der Waals surface area contributed by atoms with Gasteiger partial charge in [-0.05, 0) is 32.1 Å². The molecular weight excluding hydrogens is 238 g/mol. The number of rotatable bonds is 9. The average molecular weight is 265 g/mol. The quantitative estimate of drug-likeness (QED) is 0.594. The van der Waals surface area contributed by atoms with Gasteiger partial charge in [-0.15, -0.1) is 0 Å². The van der Waals surface area contributed by atoms with Crippen molar-refractivity contribution in [2.45, 2.75) is 72.1 Å². The molecule has 0 aromatic rings. The molecule has 0 unspecified atom stereocenters. The highest BCUT2D eigenvalue weighted by Crippen LogP contribution is 2.28. The first-order valence-corrected chi connectivity index (χ1v) is 7.75. The van der Waals surface area contributed by atoms with Crippen LogP contribution in [0.25, 0.3) is 0 Å². The van der Waals surface area contributed by atoms with Gasteiger partial charge in [-0.3, -0.25) is 14.5 Å². The molecule has 3 nitrogen and oxygen atoms in total. The van der Waals surface area contributed by atoms with Crippen molar-refractivity contribution in [3.63, 3.8) is 0 Å². The first-order chi connectivity index (χ1) is 9.17. The Bertz CT molecular complexity index is 328. The van der Waals surface area contributed by atoms with E-state index in [2.05, 4.69) is 20.8 Å². The van der Waals surface area contributed by atoms with Gasteiger partial charge in [0.1, 0.15) is 0 Å². The summed E-state index contributed by atoms with van der Waals surface area (Å²) in [6.45, 7) is 6.89. The van der Waals surface area contributed by atoms with Gasteiger partial charge in [-0.1, -0.05) is 40.0 Å². The highest BCUT2D eigenvalue weighted by Gasteiger charge is 2.36. The van der Waals surface area contributed by atoms with Crippen molar-refractivity contribution in [1.29, 1.82) is 0 Å². The van der Waals surface area contributed by atoms with E-state index in [1.807, 2.05) is 0 Å². The van der Waals surface area contributed by atoms with Crippen LogP contribution >= 0.6 is 0 Å². The van der Waals surface area contributed by atoms with E-state index < -0.39 is 0 Å². The van der Waals surface area contributed by atoms with Gasteiger partial charge in [0.05, 0.1) is 0 Å². The predicted molar refractivity (Wildman–Crippen MR) is 77.7 cm³/mol. The molecule has 1 aliphatic heterocycles. The molecule has 1 heterocycles. The van der Waals surface area contributed by atoms with Crippen molar-refractivity contribution in [1.82, 2.24) is 4.90 Å². The molecule has 1 aliphatic rings. The van der Waals surface area contributed by atoms with E-state index in [0.717, 1.165) is 62.5 Å². The molecular formula is C16H27NO2. The number of imide groups is 1. The summed E-state index contributed by atoms with van der Waals surface area (Å²) in [5.74, 6) is -0.0315. The van der Waals surface area contributed by atoms with Gasteiger partial charge in [-0.25, -0.2) is 0 Å². The zero-order valence-electron chi connectivity index (χ0n) is 12.6. The minimum absolute atomic E-state index is 0.0157. The van der Waals surface area contributed by atoms with Crippen LogP contribution in [0.1, 0.15) is 72.1 Å². The van der Waals surface area contributed by atoms with Crippen LogP contribution in [0.5, 0.6) is 0 Å². The first kappa shape index (κ1) is 15.9. The Labute approximate surface area is 117 Å². The summed E-state index contributed by atoms with van der Waals surface area (Å²) in [6, 6.07) is 0. The van der Waals surface area contributed by atoms with Gasteiger partial charge in [0.15, 0.2) is 0 Å². The molecule has 0 aromatic carbocycles. The van der Waals surface area contributed by atoms with Gasteiger partial charge < -0.3 is 0 Å². The molecule has 0 atom stereocenters. The van der Waals surface area contributed by atoms with Crippen LogP contribution < -0.4 is 0 Å². The van der Waals surface area contributed by atoms with Crippen molar-refractivity contribution >= 4 is 11.8 Å². The van der Waals surface area contributed by atoms with Gasteiger partial charge in [-0.2, -0.15) is 0 Å². The Hall–Kier alpha value is -1.12. The lowest BCUT2D eigenvalue weighted by atomic mass is 10.0. The molecule has 0 saturated carbocycles. The van der Waals surface area contributed by atoms with Crippen LogP contribution in [-0.2, 0) is 9.59 Å². The van der Waals surface area contributed by atoms with E-state index in [1.54, 1.807) is 0 Å². The lowest BCUT2D eigenvalue weighted by Crippen LogP contribution is -2.32. The maximum atomic E-state index is 12.3. The highest BCUT2D eigenvalue weighted by atomic mass is 16.2. The van der Waals surface area contributed by atoms with E-state index in [4.69, 9.17) is 0 Å². The molecule has 19 heavy (non-hydrogen) atoms. The molecule has 0 aliphatic carbocycles. The molecule has 1 rings (SSSR count). The summed E-state index contributed by atoms with van der Waals surface area (Å²) in [4.78, 5) is 26.2. The largest absolute Gasteiger partial charge is 0.275 e. The van der Waals surface area contributed by atoms with E-state index in [0.29, 0.717) is 6.54 Å². The molecule has 0 N–H and O–H groups in total. The van der Waals surface area contributed by atoms with Crippen LogP contribution in [-0.4, -0.2) is 23.3 Å². The van der Waals surface area contributed by atoms with Gasteiger partial charge in [0.25, 0.3) is 11.8 Å². The minimum atomic E-state index is -0.0157. The van der Waals surface area contributed by atoms with Crippen LogP contribution in [0.4, 0.5) is 0 Å². The normalized spacial score (nSPS) is 15.8. The predicted octanol–water partition coefficient (Wildman–Crippen LogP) is 3.83. The minimum Gasteiger partial charge on any atom is -0.275 e. The van der Waals surface area contributed by atoms with Crippen molar-refractivity contribution in [2.75, 3.05) is 6.54 Å². The van der Waals surface area contributed by atoms with Crippen LogP contribution in [0.15, 0.2) is 11.1 Å². The fourth-order valence-corrected chi connectivity index (χ4v) is 2.42. The second-order valence-electron chi connectivity index (χ2n) is 5.28. The molecule has 108 valence electrons. The third kappa shape index (κ3) is 3.92. The maximum absolute atomic E-state index is 12.3. The Morgan fingerprint density at radius 2 is 1.16 bits per heavy atom. The average Bonchev–Trinajstić information content (AvgIpc) is 2.63. The summed E-state index contributed by atoms with van der Waals surface area (Å²) in [5, 5.41) is 0. The van der Waals surface area contributed by atoms with Crippen molar-refractivity contribution in [3.8, 4) is 0 Å². The highest BCUT2D eigenvalue weighted by molar-refractivity contribution is 6.19. The number of hydrogen-bond acceptors (Lipinski definition) is 2. The van der Waals surface area contributed by atoms with Crippen LogP contribution in [0.2, 0.25) is 0 Å². The van der Waals surface area contributed by atoms with E-state index in [9.17, 15) is 9.59 Å². The van der Waals surface area contributed by atoms with E-state index >= 15 is 0 Å². The summed E-state index contributed by atoms with van der Waals surface area (Å²) in [5.41, 5.74) is 1.60. The molecule has 0 aromatic heterocycles. The fourth-order valence-electron chi connectivity index (χ4n) is 2.42. The zero-order chi connectivity index (χ0) is 14.3. The maximum Gasteiger partial charge on any atom is 0.257 e. The number of carbonyl (C=O) groups is 2. The zero-order valence-corrected chi connectivity index (χ0v) is 12.6. The second kappa shape index (κ2) is 8.13. The smallest absolute Gasteiger partial charge is 0.257 e. The standard InChI is InChI=1S/C16H27NO2/c1-4-7-10-13-14(11-8-5-2)16(19)17(15(13)18)12-9-6-3/h4-12H2,1-3H3. The number of nitrogens with zero attached hydrogens (tertiary/aromatic N) is 1. The summed E-state index contributed by atoms with van der Waals surface area (Å²) < 4.78 is 0. The Morgan fingerprint density at radius 3 is 1.53 bits per heavy atom. The van der Waals surface area contributed by atoms with Gasteiger partial charge in [0, 0.05) is 17.7 Å². The molecule has 0 saturated heterocycles. The summed E-state index contributed by atoms with van der Waals surface area (Å²) in [7, 11) is 0. The van der Waals surface area contributed by atoms with Crippen molar-refractivity contribution < 1.29 is 9.59 Å². The van der Waals surface area contributed by atoms with Crippen LogP contribution in [0, 0.1) is 0 Å². The molecule has 0 bridgehead atoms. The number of carbonyl (C=O) groups excluding carboxylic acids is 2. The molecule has 0 spiro atoms. The summed E-state index contributed by atoms with van der Waals surface area (Å²) >= 11 is 0. The lowest BCUT2D eigenvalue weighted by Gasteiger charge is -2.14. The van der Waals surface area contributed by atoms with E-state index in [1.165, 1.54) is 4.90 Å². The lowest BCUT2D eigenvalue weighted by molar-refractivity contribution is -0.137. The Kier molecular flexibility index (Phi) is 6.82. The van der Waals surface area contributed by atoms with Gasteiger partial charge >= 0.3 is 0 Å². The van der Waals surface area contributed by atoms with Crippen molar-refractivity contribution in [2.24, 2.45) is 0 Å². The topological polar surface area (TPSA) is 37.4 Å². The Morgan fingerprint density at radius 1 is 0.737 bits per heavy atom. The molecule has 2 amide bonds. The fraction of sp³-hybridized carbons (Fsp3) is 0.750.